The van der Waals surface area contributed by atoms with Gasteiger partial charge in [-0.3, -0.25) is 0 Å². The van der Waals surface area contributed by atoms with Gasteiger partial charge < -0.3 is 15.1 Å². The first-order chi connectivity index (χ1) is 9.74. The first kappa shape index (κ1) is 16.7. The van der Waals surface area contributed by atoms with Crippen LogP contribution in [0.2, 0.25) is 0 Å². The van der Waals surface area contributed by atoms with Gasteiger partial charge in [-0.15, -0.1) is 0 Å². The van der Waals surface area contributed by atoms with Crippen molar-refractivity contribution in [2.45, 2.75) is 46.1 Å². The standard InChI is InChI=1S/C14H27N5O/c1-4-6-8-19(9-7-5-2)14-10-12(18-15)16-13(17-14)11-20-3/h10H,4-9,11,15H2,1-3H3,(H,16,17,18). The van der Waals surface area contributed by atoms with E-state index in [-0.39, 0.29) is 0 Å². The molecule has 20 heavy (non-hydrogen) atoms. The number of nitrogens with one attached hydrogen (secondary N) is 1. The number of anilines is 2. The molecule has 1 heterocycles. The molecule has 114 valence electrons. The molecule has 0 atom stereocenters. The summed E-state index contributed by atoms with van der Waals surface area (Å²) >= 11 is 0. The lowest BCUT2D eigenvalue weighted by atomic mass is 10.2. The highest BCUT2D eigenvalue weighted by Crippen LogP contribution is 2.17. The molecule has 0 amide bonds. The predicted octanol–water partition coefficient (Wildman–Crippen LogP) is 2.32. The van der Waals surface area contributed by atoms with Crippen molar-refractivity contribution in [2.24, 2.45) is 5.84 Å². The van der Waals surface area contributed by atoms with Crippen molar-refractivity contribution in [2.75, 3.05) is 30.5 Å². The Labute approximate surface area is 121 Å². The lowest BCUT2D eigenvalue weighted by Gasteiger charge is -2.24. The summed E-state index contributed by atoms with van der Waals surface area (Å²) in [4.78, 5) is 11.2. The first-order valence-electron chi connectivity index (χ1n) is 7.33. The largest absolute Gasteiger partial charge is 0.377 e. The summed E-state index contributed by atoms with van der Waals surface area (Å²) < 4.78 is 5.11. The van der Waals surface area contributed by atoms with E-state index in [9.17, 15) is 0 Å². The van der Waals surface area contributed by atoms with E-state index in [1.807, 2.05) is 6.07 Å². The summed E-state index contributed by atoms with van der Waals surface area (Å²) in [6, 6.07) is 1.89. The van der Waals surface area contributed by atoms with Crippen LogP contribution in [-0.4, -0.2) is 30.2 Å². The van der Waals surface area contributed by atoms with Crippen LogP contribution in [0, 0.1) is 0 Å². The highest BCUT2D eigenvalue weighted by molar-refractivity contribution is 5.48. The Hall–Kier alpha value is -1.40. The van der Waals surface area contributed by atoms with Gasteiger partial charge in [0, 0.05) is 26.3 Å². The number of methoxy groups -OCH3 is 1. The Morgan fingerprint density at radius 2 is 1.85 bits per heavy atom. The lowest BCUT2D eigenvalue weighted by molar-refractivity contribution is 0.178. The van der Waals surface area contributed by atoms with E-state index in [1.165, 1.54) is 12.8 Å². The van der Waals surface area contributed by atoms with E-state index in [0.717, 1.165) is 31.7 Å². The van der Waals surface area contributed by atoms with Gasteiger partial charge in [-0.25, -0.2) is 15.8 Å². The summed E-state index contributed by atoms with van der Waals surface area (Å²) in [7, 11) is 1.64. The summed E-state index contributed by atoms with van der Waals surface area (Å²) in [6.07, 6.45) is 4.64. The molecule has 6 nitrogen and oxygen atoms in total. The molecule has 3 N–H and O–H groups in total. The number of nitrogens with zero attached hydrogens (tertiary/aromatic N) is 3. The number of hydrazine groups is 1. The van der Waals surface area contributed by atoms with Gasteiger partial charge in [0.15, 0.2) is 5.82 Å². The van der Waals surface area contributed by atoms with Crippen LogP contribution in [0.1, 0.15) is 45.4 Å². The molecule has 0 saturated carbocycles. The molecule has 0 aliphatic carbocycles. The molecule has 0 bridgehead atoms. The van der Waals surface area contributed by atoms with E-state index < -0.39 is 0 Å². The molecule has 0 aliphatic rings. The van der Waals surface area contributed by atoms with Crippen molar-refractivity contribution in [1.82, 2.24) is 9.97 Å². The smallest absolute Gasteiger partial charge is 0.158 e. The van der Waals surface area contributed by atoms with Crippen molar-refractivity contribution in [3.63, 3.8) is 0 Å². The zero-order chi connectivity index (χ0) is 14.8. The molecule has 0 unspecified atom stereocenters. The van der Waals surface area contributed by atoms with Gasteiger partial charge in [0.05, 0.1) is 0 Å². The van der Waals surface area contributed by atoms with Crippen LogP contribution in [0.3, 0.4) is 0 Å². The molecule has 0 saturated heterocycles. The minimum absolute atomic E-state index is 0.387. The summed E-state index contributed by atoms with van der Waals surface area (Å²) in [5, 5.41) is 0. The average Bonchev–Trinajstić information content (AvgIpc) is 2.47. The Balaban J connectivity index is 2.93. The molecule has 1 aromatic heterocycles. The number of nitrogens with two attached hydrogens (primary N) is 1. The maximum absolute atomic E-state index is 5.48. The lowest BCUT2D eigenvalue weighted by Crippen LogP contribution is -2.27. The van der Waals surface area contributed by atoms with Crippen LogP contribution in [0.4, 0.5) is 11.6 Å². The highest BCUT2D eigenvalue weighted by Gasteiger charge is 2.11. The van der Waals surface area contributed by atoms with Crippen molar-refractivity contribution in [3.8, 4) is 0 Å². The van der Waals surface area contributed by atoms with Crippen molar-refractivity contribution in [3.05, 3.63) is 11.9 Å². The second-order valence-corrected chi connectivity index (χ2v) is 4.80. The number of hydrogen-bond donors (Lipinski definition) is 2. The van der Waals surface area contributed by atoms with E-state index in [1.54, 1.807) is 7.11 Å². The monoisotopic (exact) mass is 281 g/mol. The molecule has 0 fully saturated rings. The summed E-state index contributed by atoms with van der Waals surface area (Å²) in [5.41, 5.74) is 2.60. The summed E-state index contributed by atoms with van der Waals surface area (Å²) in [5.74, 6) is 7.68. The second-order valence-electron chi connectivity index (χ2n) is 4.80. The van der Waals surface area contributed by atoms with Crippen molar-refractivity contribution < 1.29 is 4.74 Å². The Bertz CT molecular complexity index is 378. The van der Waals surface area contributed by atoms with Gasteiger partial charge in [-0.2, -0.15) is 0 Å². The number of unbranched alkanes of at least 4 members (excludes halogenated alkanes) is 2. The van der Waals surface area contributed by atoms with Gasteiger partial charge in [0.25, 0.3) is 0 Å². The van der Waals surface area contributed by atoms with Crippen LogP contribution in [0.5, 0.6) is 0 Å². The molecule has 0 radical (unpaired) electrons. The first-order valence-corrected chi connectivity index (χ1v) is 7.33. The Morgan fingerprint density at radius 1 is 1.20 bits per heavy atom. The number of rotatable bonds is 10. The van der Waals surface area contributed by atoms with Crippen LogP contribution in [0.15, 0.2) is 6.07 Å². The minimum Gasteiger partial charge on any atom is -0.377 e. The highest BCUT2D eigenvalue weighted by atomic mass is 16.5. The predicted molar refractivity (Wildman–Crippen MR) is 82.6 cm³/mol. The normalized spacial score (nSPS) is 10.6. The zero-order valence-electron chi connectivity index (χ0n) is 12.9. The van der Waals surface area contributed by atoms with Gasteiger partial charge in [-0.1, -0.05) is 26.7 Å². The maximum Gasteiger partial charge on any atom is 0.158 e. The molecule has 0 aliphatic heterocycles. The van der Waals surface area contributed by atoms with Crippen LogP contribution in [0.25, 0.3) is 0 Å². The molecule has 0 aromatic carbocycles. The Morgan fingerprint density at radius 3 is 2.35 bits per heavy atom. The van der Waals surface area contributed by atoms with Crippen molar-refractivity contribution >= 4 is 11.6 Å². The second kappa shape index (κ2) is 9.50. The quantitative estimate of drug-likeness (QED) is 0.506. The van der Waals surface area contributed by atoms with E-state index in [4.69, 9.17) is 10.6 Å². The molecular formula is C14H27N5O. The molecular weight excluding hydrogens is 254 g/mol. The number of ether oxygens (including phenoxy) is 1. The van der Waals surface area contributed by atoms with Crippen LogP contribution >= 0.6 is 0 Å². The van der Waals surface area contributed by atoms with Gasteiger partial charge in [0.2, 0.25) is 0 Å². The van der Waals surface area contributed by atoms with E-state index in [2.05, 4.69) is 34.1 Å². The van der Waals surface area contributed by atoms with Crippen LogP contribution < -0.4 is 16.2 Å². The minimum atomic E-state index is 0.387. The third kappa shape index (κ3) is 5.30. The van der Waals surface area contributed by atoms with Crippen LogP contribution in [-0.2, 0) is 11.3 Å². The van der Waals surface area contributed by atoms with Crippen molar-refractivity contribution in [1.29, 1.82) is 0 Å². The Kier molecular flexibility index (Phi) is 7.91. The van der Waals surface area contributed by atoms with Gasteiger partial charge in [-0.05, 0) is 12.8 Å². The van der Waals surface area contributed by atoms with E-state index in [0.29, 0.717) is 18.2 Å². The van der Waals surface area contributed by atoms with Gasteiger partial charge in [0.1, 0.15) is 18.2 Å². The summed E-state index contributed by atoms with van der Waals surface area (Å²) in [6.45, 7) is 6.79. The number of aromatic nitrogens is 2. The number of hydrogen-bond acceptors (Lipinski definition) is 6. The fourth-order valence-electron chi connectivity index (χ4n) is 1.95. The molecule has 6 heteroatoms. The molecule has 0 spiro atoms. The third-order valence-corrected chi connectivity index (χ3v) is 3.07. The number of nitrogen functional groups attached to an aromatic ring is 1. The molecule has 1 rings (SSSR count). The van der Waals surface area contributed by atoms with Gasteiger partial charge >= 0.3 is 0 Å². The fourth-order valence-corrected chi connectivity index (χ4v) is 1.95. The third-order valence-electron chi connectivity index (χ3n) is 3.07. The topological polar surface area (TPSA) is 76.3 Å². The zero-order valence-corrected chi connectivity index (χ0v) is 12.9. The average molecular weight is 281 g/mol. The SMILES string of the molecule is CCCCN(CCCC)c1cc(NN)nc(COC)n1. The molecule has 1 aromatic rings. The van der Waals surface area contributed by atoms with E-state index >= 15 is 0 Å². The maximum atomic E-state index is 5.48. The fraction of sp³-hybridized carbons (Fsp3) is 0.714.